The molecule has 3 rings (SSSR count). The Hall–Kier alpha value is -0.810. The molecule has 1 fully saturated rings. The highest BCUT2D eigenvalue weighted by Gasteiger charge is 2.24. The first-order chi connectivity index (χ1) is 10.6. The van der Waals surface area contributed by atoms with Crippen LogP contribution < -0.4 is 0 Å². The average Bonchev–Trinajstić information content (AvgIpc) is 2.90. The monoisotopic (exact) mass is 341 g/mol. The summed E-state index contributed by atoms with van der Waals surface area (Å²) < 4.78 is 1.89. The zero-order valence-corrected chi connectivity index (χ0v) is 14.2. The fraction of sp³-hybridized carbons (Fsp3) is 0.562. The molecular formula is C16H21Cl2N3O. The van der Waals surface area contributed by atoms with Crippen molar-refractivity contribution >= 4 is 28.8 Å². The molecule has 1 aliphatic rings. The first-order valence-electron chi connectivity index (χ1n) is 7.70. The fourth-order valence-corrected chi connectivity index (χ4v) is 3.83. The van der Waals surface area contributed by atoms with Crippen LogP contribution in [0.1, 0.15) is 31.4 Å². The molecule has 22 heavy (non-hydrogen) atoms. The molecule has 0 bridgehead atoms. The number of aliphatic hydroxyl groups is 1. The van der Waals surface area contributed by atoms with Gasteiger partial charge in [0.15, 0.2) is 5.65 Å². The zero-order valence-electron chi connectivity index (χ0n) is 12.7. The van der Waals surface area contributed by atoms with E-state index in [0.717, 1.165) is 43.6 Å². The van der Waals surface area contributed by atoms with Gasteiger partial charge in [-0.05, 0) is 44.7 Å². The zero-order chi connectivity index (χ0) is 15.7. The standard InChI is InChI=1S/C16H21Cl2N3O/c1-20(14-4-2-11(10-22)3-5-14)8-13-9-21-7-12(17)6-15(18)16(21)19-13/h6-7,9,11,14,22H,2-5,8,10H2,1H3. The van der Waals surface area contributed by atoms with E-state index in [1.54, 1.807) is 6.07 Å². The number of hydrogen-bond donors (Lipinski definition) is 1. The fourth-order valence-electron chi connectivity index (χ4n) is 3.30. The number of imidazole rings is 1. The van der Waals surface area contributed by atoms with Crippen molar-refractivity contribution in [1.82, 2.24) is 14.3 Å². The molecule has 0 aliphatic heterocycles. The van der Waals surface area contributed by atoms with Crippen LogP contribution in [0.2, 0.25) is 10.0 Å². The second kappa shape index (κ2) is 6.75. The minimum absolute atomic E-state index is 0.322. The molecule has 120 valence electrons. The Labute approximate surface area is 140 Å². The maximum absolute atomic E-state index is 9.23. The SMILES string of the molecule is CN(Cc1cn2cc(Cl)cc(Cl)c2n1)C1CCC(CO)CC1. The number of aliphatic hydroxyl groups excluding tert-OH is 1. The van der Waals surface area contributed by atoms with Crippen molar-refractivity contribution in [3.05, 3.63) is 34.2 Å². The molecule has 2 aromatic heterocycles. The van der Waals surface area contributed by atoms with E-state index in [0.29, 0.717) is 28.6 Å². The number of aromatic nitrogens is 2. The van der Waals surface area contributed by atoms with Crippen LogP contribution in [0.4, 0.5) is 0 Å². The van der Waals surface area contributed by atoms with Crippen LogP contribution in [-0.4, -0.2) is 39.1 Å². The Morgan fingerprint density at radius 3 is 2.68 bits per heavy atom. The van der Waals surface area contributed by atoms with Crippen LogP contribution in [0.3, 0.4) is 0 Å². The van der Waals surface area contributed by atoms with Crippen LogP contribution in [0.15, 0.2) is 18.5 Å². The summed E-state index contributed by atoms with van der Waals surface area (Å²) in [5, 5.41) is 10.4. The lowest BCUT2D eigenvalue weighted by Crippen LogP contribution is -2.35. The normalized spacial score (nSPS) is 22.6. The van der Waals surface area contributed by atoms with Gasteiger partial charge in [-0.25, -0.2) is 4.98 Å². The Morgan fingerprint density at radius 1 is 1.27 bits per heavy atom. The lowest BCUT2D eigenvalue weighted by atomic mass is 9.86. The van der Waals surface area contributed by atoms with Crippen LogP contribution in [0, 0.1) is 5.92 Å². The number of pyridine rings is 1. The third-order valence-corrected chi connectivity index (χ3v) is 5.12. The topological polar surface area (TPSA) is 40.8 Å². The molecule has 1 saturated carbocycles. The van der Waals surface area contributed by atoms with Gasteiger partial charge in [-0.1, -0.05) is 23.2 Å². The van der Waals surface area contributed by atoms with Crippen molar-refractivity contribution < 1.29 is 5.11 Å². The molecule has 1 aliphatic carbocycles. The van der Waals surface area contributed by atoms with Gasteiger partial charge in [0.25, 0.3) is 0 Å². The number of hydrogen-bond acceptors (Lipinski definition) is 3. The van der Waals surface area contributed by atoms with Gasteiger partial charge in [-0.3, -0.25) is 4.90 Å². The maximum Gasteiger partial charge on any atom is 0.156 e. The van der Waals surface area contributed by atoms with E-state index in [1.807, 2.05) is 16.8 Å². The molecule has 6 heteroatoms. The van der Waals surface area contributed by atoms with Crippen molar-refractivity contribution in [2.45, 2.75) is 38.3 Å². The number of fused-ring (bicyclic) bond motifs is 1. The smallest absolute Gasteiger partial charge is 0.156 e. The van der Waals surface area contributed by atoms with Gasteiger partial charge in [-0.2, -0.15) is 0 Å². The van der Waals surface area contributed by atoms with E-state index in [2.05, 4.69) is 16.9 Å². The van der Waals surface area contributed by atoms with Gasteiger partial charge in [-0.15, -0.1) is 0 Å². The largest absolute Gasteiger partial charge is 0.396 e. The Kier molecular flexibility index (Phi) is 4.93. The highest BCUT2D eigenvalue weighted by molar-refractivity contribution is 6.36. The Bertz CT molecular complexity index is 650. The van der Waals surface area contributed by atoms with Gasteiger partial charge in [0.05, 0.1) is 15.7 Å². The summed E-state index contributed by atoms with van der Waals surface area (Å²) in [6, 6.07) is 2.28. The predicted molar refractivity (Wildman–Crippen MR) is 89.5 cm³/mol. The van der Waals surface area contributed by atoms with E-state index in [-0.39, 0.29) is 0 Å². The van der Waals surface area contributed by atoms with Crippen LogP contribution in [-0.2, 0) is 6.54 Å². The summed E-state index contributed by atoms with van der Waals surface area (Å²) >= 11 is 12.2. The second-order valence-electron chi connectivity index (χ2n) is 6.24. The molecule has 0 radical (unpaired) electrons. The van der Waals surface area contributed by atoms with Gasteiger partial charge in [0, 0.05) is 31.6 Å². The average molecular weight is 342 g/mol. The van der Waals surface area contributed by atoms with E-state index in [4.69, 9.17) is 23.2 Å². The van der Waals surface area contributed by atoms with E-state index >= 15 is 0 Å². The molecule has 0 amide bonds. The van der Waals surface area contributed by atoms with Crippen molar-refractivity contribution in [3.8, 4) is 0 Å². The van der Waals surface area contributed by atoms with Crippen molar-refractivity contribution in [2.75, 3.05) is 13.7 Å². The molecule has 0 unspecified atom stereocenters. The van der Waals surface area contributed by atoms with Crippen molar-refractivity contribution in [2.24, 2.45) is 5.92 Å². The third-order valence-electron chi connectivity index (χ3n) is 4.63. The van der Waals surface area contributed by atoms with E-state index in [9.17, 15) is 5.11 Å². The molecule has 0 aromatic carbocycles. The Morgan fingerprint density at radius 2 is 2.00 bits per heavy atom. The molecule has 2 heterocycles. The quantitative estimate of drug-likeness (QED) is 0.923. The highest BCUT2D eigenvalue weighted by atomic mass is 35.5. The maximum atomic E-state index is 9.23. The lowest BCUT2D eigenvalue weighted by Gasteiger charge is -2.33. The van der Waals surface area contributed by atoms with Crippen LogP contribution in [0.5, 0.6) is 0 Å². The van der Waals surface area contributed by atoms with Crippen LogP contribution >= 0.6 is 23.2 Å². The molecule has 0 saturated heterocycles. The van der Waals surface area contributed by atoms with Crippen LogP contribution in [0.25, 0.3) is 5.65 Å². The summed E-state index contributed by atoms with van der Waals surface area (Å²) in [7, 11) is 2.14. The molecule has 0 atom stereocenters. The van der Waals surface area contributed by atoms with Crippen molar-refractivity contribution in [1.29, 1.82) is 0 Å². The number of rotatable bonds is 4. The Balaban J connectivity index is 1.69. The van der Waals surface area contributed by atoms with Gasteiger partial charge < -0.3 is 9.51 Å². The molecule has 2 aromatic rings. The summed E-state index contributed by atoms with van der Waals surface area (Å²) in [6.45, 7) is 1.12. The first kappa shape index (κ1) is 16.1. The number of halogens is 2. The van der Waals surface area contributed by atoms with Gasteiger partial charge >= 0.3 is 0 Å². The third kappa shape index (κ3) is 3.40. The first-order valence-corrected chi connectivity index (χ1v) is 8.46. The number of nitrogens with zero attached hydrogens (tertiary/aromatic N) is 3. The molecule has 1 N–H and O–H groups in total. The minimum atomic E-state index is 0.322. The second-order valence-corrected chi connectivity index (χ2v) is 7.09. The molecule has 4 nitrogen and oxygen atoms in total. The molecule has 0 spiro atoms. The molecular weight excluding hydrogens is 321 g/mol. The minimum Gasteiger partial charge on any atom is -0.396 e. The highest BCUT2D eigenvalue weighted by Crippen LogP contribution is 2.28. The summed E-state index contributed by atoms with van der Waals surface area (Å²) in [6.07, 6.45) is 8.31. The summed E-state index contributed by atoms with van der Waals surface area (Å²) in [5.74, 6) is 0.487. The predicted octanol–water partition coefficient (Wildman–Crippen LogP) is 3.62. The summed E-state index contributed by atoms with van der Waals surface area (Å²) in [4.78, 5) is 6.96. The van der Waals surface area contributed by atoms with Gasteiger partial charge in [0.2, 0.25) is 0 Å². The summed E-state index contributed by atoms with van der Waals surface area (Å²) in [5.41, 5.74) is 1.74. The van der Waals surface area contributed by atoms with Crippen molar-refractivity contribution in [3.63, 3.8) is 0 Å². The van der Waals surface area contributed by atoms with E-state index < -0.39 is 0 Å². The van der Waals surface area contributed by atoms with E-state index in [1.165, 1.54) is 0 Å². The lowest BCUT2D eigenvalue weighted by molar-refractivity contribution is 0.123. The van der Waals surface area contributed by atoms with Gasteiger partial charge in [0.1, 0.15) is 0 Å².